The number of rotatable bonds is 5. The van der Waals surface area contributed by atoms with Crippen molar-refractivity contribution in [1.29, 1.82) is 0 Å². The monoisotopic (exact) mass is 313 g/mol. The summed E-state index contributed by atoms with van der Waals surface area (Å²) < 4.78 is 0. The van der Waals surface area contributed by atoms with E-state index in [-0.39, 0.29) is 30.0 Å². The molecule has 1 aliphatic heterocycles. The molecule has 1 aromatic rings. The molecule has 1 aliphatic rings. The minimum absolute atomic E-state index is 0. The largest absolute Gasteiger partial charge is 0.508 e. The first-order valence-electron chi connectivity index (χ1n) is 7.17. The Labute approximate surface area is 131 Å². The van der Waals surface area contributed by atoms with Crippen molar-refractivity contribution >= 4 is 18.3 Å². The van der Waals surface area contributed by atoms with E-state index in [2.05, 4.69) is 10.2 Å². The number of phenolic OH excluding ortho intramolecular Hbond substituents is 1. The molecule has 2 rings (SSSR count). The van der Waals surface area contributed by atoms with Gasteiger partial charge in [-0.25, -0.2) is 0 Å². The molecule has 1 saturated heterocycles. The lowest BCUT2D eigenvalue weighted by Gasteiger charge is -2.32. The van der Waals surface area contributed by atoms with Crippen molar-refractivity contribution in [2.24, 2.45) is 11.7 Å². The molecular formula is C15H24ClN3O2. The average Bonchev–Trinajstić information content (AvgIpc) is 2.45. The molecule has 21 heavy (non-hydrogen) atoms. The highest BCUT2D eigenvalue weighted by Crippen LogP contribution is 2.20. The summed E-state index contributed by atoms with van der Waals surface area (Å²) in [5.74, 6) is 0.445. The van der Waals surface area contributed by atoms with E-state index in [0.717, 1.165) is 38.0 Å². The molecule has 0 aliphatic carbocycles. The van der Waals surface area contributed by atoms with Crippen LogP contribution in [0.3, 0.4) is 0 Å². The first-order chi connectivity index (χ1) is 9.69. The van der Waals surface area contributed by atoms with E-state index in [1.165, 1.54) is 0 Å². The van der Waals surface area contributed by atoms with E-state index in [1.54, 1.807) is 12.1 Å². The maximum atomic E-state index is 12.0. The lowest BCUT2D eigenvalue weighted by molar-refractivity contribution is -0.126. The van der Waals surface area contributed by atoms with Gasteiger partial charge >= 0.3 is 0 Å². The highest BCUT2D eigenvalue weighted by atomic mass is 35.5. The predicted octanol–water partition coefficient (Wildman–Crippen LogP) is 1.10. The van der Waals surface area contributed by atoms with E-state index in [9.17, 15) is 9.90 Å². The summed E-state index contributed by atoms with van der Waals surface area (Å²) in [4.78, 5) is 14.2. The molecule has 0 radical (unpaired) electrons. The van der Waals surface area contributed by atoms with Crippen LogP contribution >= 0.6 is 12.4 Å². The van der Waals surface area contributed by atoms with Crippen molar-refractivity contribution in [3.05, 3.63) is 29.8 Å². The van der Waals surface area contributed by atoms with E-state index < -0.39 is 0 Å². The summed E-state index contributed by atoms with van der Waals surface area (Å²) in [5.41, 5.74) is 6.48. The number of hydrogen-bond acceptors (Lipinski definition) is 4. The summed E-state index contributed by atoms with van der Waals surface area (Å²) in [5, 5.41) is 12.4. The van der Waals surface area contributed by atoms with Gasteiger partial charge in [-0.3, -0.25) is 9.69 Å². The first kappa shape index (κ1) is 17.8. The molecule has 1 heterocycles. The Morgan fingerprint density at radius 3 is 3.00 bits per heavy atom. The molecule has 4 N–H and O–H groups in total. The molecule has 0 bridgehead atoms. The van der Waals surface area contributed by atoms with Crippen LogP contribution in [0.1, 0.15) is 18.4 Å². The Hall–Kier alpha value is -1.30. The van der Waals surface area contributed by atoms with Gasteiger partial charge in [-0.15, -0.1) is 12.4 Å². The number of nitrogens with one attached hydrogen (secondary N) is 1. The van der Waals surface area contributed by atoms with E-state index in [0.29, 0.717) is 13.1 Å². The van der Waals surface area contributed by atoms with Crippen LogP contribution in [0.25, 0.3) is 0 Å². The third-order valence-corrected chi connectivity index (χ3v) is 3.64. The highest BCUT2D eigenvalue weighted by molar-refractivity contribution is 5.85. The van der Waals surface area contributed by atoms with Crippen LogP contribution in [-0.2, 0) is 11.3 Å². The lowest BCUT2D eigenvalue weighted by Crippen LogP contribution is -2.43. The maximum absolute atomic E-state index is 12.0. The first-order valence-corrected chi connectivity index (χ1v) is 7.17. The number of nitrogens with two attached hydrogens (primary N) is 1. The fourth-order valence-electron chi connectivity index (χ4n) is 2.67. The molecule has 0 saturated carbocycles. The topological polar surface area (TPSA) is 78.6 Å². The minimum atomic E-state index is 0. The number of piperidine rings is 1. The van der Waals surface area contributed by atoms with Crippen LogP contribution in [0.2, 0.25) is 0 Å². The van der Waals surface area contributed by atoms with Crippen molar-refractivity contribution < 1.29 is 9.90 Å². The summed E-state index contributed by atoms with van der Waals surface area (Å²) in [6, 6.07) is 7.29. The number of nitrogens with zero attached hydrogens (tertiary/aromatic N) is 1. The van der Waals surface area contributed by atoms with Gasteiger partial charge in [-0.2, -0.15) is 0 Å². The number of carbonyl (C=O) groups is 1. The molecule has 5 nitrogen and oxygen atoms in total. The minimum Gasteiger partial charge on any atom is -0.508 e. The van der Waals surface area contributed by atoms with Crippen molar-refractivity contribution in [3.63, 3.8) is 0 Å². The van der Waals surface area contributed by atoms with Gasteiger partial charge in [0.15, 0.2) is 0 Å². The molecule has 6 heteroatoms. The van der Waals surface area contributed by atoms with Crippen LogP contribution in [0, 0.1) is 5.92 Å². The second-order valence-corrected chi connectivity index (χ2v) is 5.32. The number of benzene rings is 1. The van der Waals surface area contributed by atoms with Gasteiger partial charge in [0, 0.05) is 26.2 Å². The third kappa shape index (κ3) is 5.53. The second-order valence-electron chi connectivity index (χ2n) is 5.32. The quantitative estimate of drug-likeness (QED) is 0.760. The van der Waals surface area contributed by atoms with E-state index in [4.69, 9.17) is 5.73 Å². The van der Waals surface area contributed by atoms with Gasteiger partial charge in [-0.05, 0) is 37.1 Å². The third-order valence-electron chi connectivity index (χ3n) is 3.64. The molecule has 1 fully saturated rings. The van der Waals surface area contributed by atoms with Crippen LogP contribution in [0.4, 0.5) is 0 Å². The Morgan fingerprint density at radius 1 is 1.48 bits per heavy atom. The fraction of sp³-hybridized carbons (Fsp3) is 0.533. The Morgan fingerprint density at radius 2 is 2.29 bits per heavy atom. The molecule has 1 atom stereocenters. The molecule has 1 amide bonds. The Balaban J connectivity index is 0.00000220. The van der Waals surface area contributed by atoms with Gasteiger partial charge in [0.1, 0.15) is 5.75 Å². The summed E-state index contributed by atoms with van der Waals surface area (Å²) in [7, 11) is 0. The lowest BCUT2D eigenvalue weighted by atomic mass is 9.96. The van der Waals surface area contributed by atoms with Gasteiger partial charge in [0.2, 0.25) is 5.91 Å². The van der Waals surface area contributed by atoms with Crippen molar-refractivity contribution in [1.82, 2.24) is 10.2 Å². The Kier molecular flexibility index (Phi) is 7.50. The SMILES string of the molecule is Cl.NCCNC(=O)C1CCCN(Cc2cccc(O)c2)C1. The second kappa shape index (κ2) is 8.87. The van der Waals surface area contributed by atoms with Crippen molar-refractivity contribution in [3.8, 4) is 5.75 Å². The molecule has 118 valence electrons. The zero-order chi connectivity index (χ0) is 14.4. The summed E-state index contributed by atoms with van der Waals surface area (Å²) >= 11 is 0. The number of carbonyl (C=O) groups excluding carboxylic acids is 1. The number of phenols is 1. The zero-order valence-corrected chi connectivity index (χ0v) is 12.9. The summed E-state index contributed by atoms with van der Waals surface area (Å²) in [6.07, 6.45) is 1.96. The van der Waals surface area contributed by atoms with Gasteiger partial charge in [-0.1, -0.05) is 12.1 Å². The van der Waals surface area contributed by atoms with Crippen LogP contribution in [0.15, 0.2) is 24.3 Å². The predicted molar refractivity (Wildman–Crippen MR) is 85.4 cm³/mol. The molecule has 1 aromatic carbocycles. The fourth-order valence-corrected chi connectivity index (χ4v) is 2.67. The number of likely N-dealkylation sites (tertiary alicyclic amines) is 1. The molecule has 0 spiro atoms. The summed E-state index contributed by atoms with van der Waals surface area (Å²) in [6.45, 7) is 3.56. The van der Waals surface area contributed by atoms with Gasteiger partial charge in [0.25, 0.3) is 0 Å². The number of aromatic hydroxyl groups is 1. The van der Waals surface area contributed by atoms with Crippen LogP contribution in [-0.4, -0.2) is 42.1 Å². The zero-order valence-electron chi connectivity index (χ0n) is 12.1. The van der Waals surface area contributed by atoms with Gasteiger partial charge in [0.05, 0.1) is 5.92 Å². The van der Waals surface area contributed by atoms with Crippen molar-refractivity contribution in [2.45, 2.75) is 19.4 Å². The molecular weight excluding hydrogens is 290 g/mol. The highest BCUT2D eigenvalue weighted by Gasteiger charge is 2.25. The maximum Gasteiger partial charge on any atom is 0.224 e. The molecule has 1 unspecified atom stereocenters. The van der Waals surface area contributed by atoms with Crippen LogP contribution < -0.4 is 11.1 Å². The average molecular weight is 314 g/mol. The Bertz CT molecular complexity index is 456. The standard InChI is InChI=1S/C15H23N3O2.ClH/c16-6-7-17-15(20)13-4-2-8-18(11-13)10-12-3-1-5-14(19)9-12;/h1,3,5,9,13,19H,2,4,6-8,10-11,16H2,(H,17,20);1H. The number of hydrogen-bond donors (Lipinski definition) is 3. The normalized spacial score (nSPS) is 18.8. The molecule has 0 aromatic heterocycles. The van der Waals surface area contributed by atoms with Crippen LogP contribution in [0.5, 0.6) is 5.75 Å². The van der Waals surface area contributed by atoms with Gasteiger partial charge < -0.3 is 16.2 Å². The smallest absolute Gasteiger partial charge is 0.224 e. The van der Waals surface area contributed by atoms with E-state index >= 15 is 0 Å². The number of amides is 1. The van der Waals surface area contributed by atoms with Crippen molar-refractivity contribution in [2.75, 3.05) is 26.2 Å². The number of halogens is 1. The van der Waals surface area contributed by atoms with E-state index in [1.807, 2.05) is 12.1 Å².